The van der Waals surface area contributed by atoms with Gasteiger partial charge in [-0.05, 0) is 44.1 Å². The van der Waals surface area contributed by atoms with Crippen LogP contribution in [0.25, 0.3) is 21.5 Å². The molecule has 0 fully saturated rings. The molecule has 0 aromatic heterocycles. The average molecular weight is 395 g/mol. The summed E-state index contributed by atoms with van der Waals surface area (Å²) in [6, 6.07) is 17.8. The van der Waals surface area contributed by atoms with E-state index in [9.17, 15) is 0 Å². The first-order valence-electron chi connectivity index (χ1n) is 9.31. The average Bonchev–Trinajstić information content (AvgIpc) is 2.75. The van der Waals surface area contributed by atoms with Gasteiger partial charge in [-0.15, -0.1) is 39.5 Å². The maximum Gasteiger partial charge on any atom is 0.156 e. The lowest BCUT2D eigenvalue weighted by Crippen LogP contribution is -2.42. The number of rotatable bonds is 8. The van der Waals surface area contributed by atoms with Crippen molar-refractivity contribution in [2.75, 3.05) is 0 Å². The van der Waals surface area contributed by atoms with Crippen molar-refractivity contribution in [3.05, 3.63) is 122 Å². The second-order valence-electron chi connectivity index (χ2n) is 7.07. The molecule has 0 nitrogen and oxygen atoms in total. The van der Waals surface area contributed by atoms with Crippen LogP contribution < -0.4 is 10.4 Å². The maximum atomic E-state index is 4.04. The van der Waals surface area contributed by atoms with E-state index < -0.39 is 16.1 Å². The van der Waals surface area contributed by atoms with Gasteiger partial charge in [0.2, 0.25) is 0 Å². The fraction of sp³-hybridized carbons (Fsp3) is 0. The minimum absolute atomic E-state index is 1.22. The molecule has 28 heavy (non-hydrogen) atoms. The van der Waals surface area contributed by atoms with E-state index in [2.05, 4.69) is 88.0 Å². The van der Waals surface area contributed by atoms with E-state index in [1.54, 1.807) is 0 Å². The van der Waals surface area contributed by atoms with Gasteiger partial charge in [-0.2, -0.15) is 0 Å². The maximum absolute atomic E-state index is 4.04. The Bertz CT molecular complexity index is 1000. The third kappa shape index (κ3) is 3.01. The zero-order valence-corrected chi connectivity index (χ0v) is 18.3. The molecule has 3 aromatic rings. The Hall–Kier alpha value is -2.95. The van der Waals surface area contributed by atoms with Crippen molar-refractivity contribution in [2.45, 2.75) is 0 Å². The molecule has 0 radical (unpaired) electrons. The smallest absolute Gasteiger partial charge is 0.106 e. The lowest BCUT2D eigenvalue weighted by atomic mass is 10.0. The minimum Gasteiger partial charge on any atom is -0.106 e. The zero-order valence-electron chi connectivity index (χ0n) is 16.3. The quantitative estimate of drug-likeness (QED) is 0.342. The van der Waals surface area contributed by atoms with Crippen LogP contribution in [0.2, 0.25) is 0 Å². The molecule has 3 rings (SSSR count). The predicted molar refractivity (Wildman–Crippen MR) is 133 cm³/mol. The van der Waals surface area contributed by atoms with Crippen LogP contribution in [-0.2, 0) is 0 Å². The van der Waals surface area contributed by atoms with Gasteiger partial charge in [0, 0.05) is 0 Å². The van der Waals surface area contributed by atoms with Gasteiger partial charge >= 0.3 is 0 Å². The molecule has 138 valence electrons. The molecule has 0 N–H and O–H groups in total. The molecule has 3 aromatic carbocycles. The molecular weight excluding hydrogens is 368 g/mol. The first-order valence-corrected chi connectivity index (χ1v) is 13.8. The van der Waals surface area contributed by atoms with E-state index in [4.69, 9.17) is 0 Å². The molecule has 0 atom stereocenters. The van der Waals surface area contributed by atoms with E-state index in [1.165, 1.54) is 31.9 Å². The third-order valence-corrected chi connectivity index (χ3v) is 12.5. The van der Waals surface area contributed by atoms with Crippen molar-refractivity contribution in [3.63, 3.8) is 0 Å². The number of fused-ring (bicyclic) bond motifs is 2. The van der Waals surface area contributed by atoms with E-state index in [0.29, 0.717) is 0 Å². The van der Waals surface area contributed by atoms with Gasteiger partial charge in [0.15, 0.2) is 16.1 Å². The zero-order chi connectivity index (χ0) is 20.4. The van der Waals surface area contributed by atoms with Gasteiger partial charge in [-0.3, -0.25) is 0 Å². The predicted octanol–water partition coefficient (Wildman–Crippen LogP) is 5.66. The van der Waals surface area contributed by atoms with Crippen molar-refractivity contribution in [3.8, 4) is 0 Å². The van der Waals surface area contributed by atoms with Crippen molar-refractivity contribution < 1.29 is 0 Å². The summed E-state index contributed by atoms with van der Waals surface area (Å²) >= 11 is 0. The molecular formula is C26H26Si2. The highest BCUT2D eigenvalue weighted by atomic mass is 28.3. The van der Waals surface area contributed by atoms with Crippen molar-refractivity contribution in [2.24, 2.45) is 0 Å². The second-order valence-corrected chi connectivity index (χ2v) is 14.4. The highest BCUT2D eigenvalue weighted by Crippen LogP contribution is 2.24. The molecule has 0 bridgehead atoms. The Morgan fingerprint density at radius 2 is 0.750 bits per heavy atom. The Labute approximate surface area is 170 Å². The molecule has 0 saturated carbocycles. The van der Waals surface area contributed by atoms with Gasteiger partial charge in [0.05, 0.1) is 0 Å². The Morgan fingerprint density at radius 1 is 0.429 bits per heavy atom. The summed E-state index contributed by atoms with van der Waals surface area (Å²) in [5.74, 6) is 0. The van der Waals surface area contributed by atoms with E-state index in [0.717, 1.165) is 0 Å². The first kappa shape index (κ1) is 19.8. The highest BCUT2D eigenvalue weighted by molar-refractivity contribution is 7.04. The van der Waals surface area contributed by atoms with E-state index in [-0.39, 0.29) is 0 Å². The standard InChI is InChI=1S/C26H26Si2/c1-7-27(8-2,9-3)25-15-13-21-17-22-14-16-26(28(10-4,11-5)12-6)20-24(22)18-23(21)19-25/h7-20H,1-6H2. The van der Waals surface area contributed by atoms with Crippen molar-refractivity contribution in [1.29, 1.82) is 0 Å². The Morgan fingerprint density at radius 3 is 1.07 bits per heavy atom. The molecule has 0 aliphatic rings. The Kier molecular flexibility index (Phi) is 5.37. The lowest BCUT2D eigenvalue weighted by molar-refractivity contribution is 1.79. The summed E-state index contributed by atoms with van der Waals surface area (Å²) in [6.45, 7) is 24.3. The number of benzene rings is 3. The van der Waals surface area contributed by atoms with Crippen molar-refractivity contribution >= 4 is 48.1 Å². The molecule has 2 heteroatoms. The Balaban J connectivity index is 2.26. The van der Waals surface area contributed by atoms with Crippen LogP contribution in [0.15, 0.2) is 122 Å². The van der Waals surface area contributed by atoms with E-state index >= 15 is 0 Å². The third-order valence-electron chi connectivity index (χ3n) is 5.82. The van der Waals surface area contributed by atoms with Crippen LogP contribution in [0.5, 0.6) is 0 Å². The van der Waals surface area contributed by atoms with Crippen LogP contribution in [0.4, 0.5) is 0 Å². The topological polar surface area (TPSA) is 0 Å². The molecule has 0 aliphatic heterocycles. The van der Waals surface area contributed by atoms with Crippen molar-refractivity contribution in [1.82, 2.24) is 0 Å². The minimum atomic E-state index is -2.08. The summed E-state index contributed by atoms with van der Waals surface area (Å²) in [7, 11) is -4.16. The molecule has 0 saturated heterocycles. The summed E-state index contributed by atoms with van der Waals surface area (Å²) in [6.07, 6.45) is 0. The van der Waals surface area contributed by atoms with Crippen LogP contribution in [0.3, 0.4) is 0 Å². The van der Waals surface area contributed by atoms with E-state index in [1.807, 2.05) is 34.2 Å². The van der Waals surface area contributed by atoms with Gasteiger partial charge in [0.1, 0.15) is 0 Å². The molecule has 0 spiro atoms. The summed E-state index contributed by atoms with van der Waals surface area (Å²) < 4.78 is 0. The molecule has 0 unspecified atom stereocenters. The molecule has 0 aliphatic carbocycles. The van der Waals surface area contributed by atoms with Gasteiger partial charge in [0.25, 0.3) is 0 Å². The van der Waals surface area contributed by atoms with Crippen LogP contribution in [-0.4, -0.2) is 16.1 Å². The number of hydrogen-bond acceptors (Lipinski definition) is 0. The molecule has 0 heterocycles. The lowest BCUT2D eigenvalue weighted by Gasteiger charge is -2.22. The summed E-state index contributed by atoms with van der Waals surface area (Å²) in [4.78, 5) is 0. The van der Waals surface area contributed by atoms with Gasteiger partial charge in [-0.1, -0.05) is 70.6 Å². The SMILES string of the molecule is C=C[Si](C=C)(C=C)c1ccc2cc3ccc([Si](C=C)(C=C)C=C)cc3cc2c1. The van der Waals surface area contributed by atoms with Crippen LogP contribution in [0, 0.1) is 0 Å². The molecule has 0 amide bonds. The monoisotopic (exact) mass is 394 g/mol. The number of hydrogen-bond donors (Lipinski definition) is 0. The summed E-state index contributed by atoms with van der Waals surface area (Å²) in [5, 5.41) is 7.39. The normalized spacial score (nSPS) is 11.7. The summed E-state index contributed by atoms with van der Waals surface area (Å²) in [5.41, 5.74) is 12.1. The van der Waals surface area contributed by atoms with Gasteiger partial charge < -0.3 is 0 Å². The highest BCUT2D eigenvalue weighted by Gasteiger charge is 2.26. The van der Waals surface area contributed by atoms with Crippen LogP contribution >= 0.6 is 0 Å². The van der Waals surface area contributed by atoms with Crippen LogP contribution in [0.1, 0.15) is 0 Å². The first-order chi connectivity index (χ1) is 13.5. The second kappa shape index (κ2) is 7.59. The fourth-order valence-corrected chi connectivity index (χ4v) is 7.71. The fourth-order valence-electron chi connectivity index (χ4n) is 3.74. The van der Waals surface area contributed by atoms with Gasteiger partial charge in [-0.25, -0.2) is 0 Å². The largest absolute Gasteiger partial charge is 0.156 e.